The van der Waals surface area contributed by atoms with E-state index in [9.17, 15) is 4.79 Å². The van der Waals surface area contributed by atoms with Crippen molar-refractivity contribution in [1.82, 2.24) is 5.32 Å². The zero-order valence-electron chi connectivity index (χ0n) is 14.5. The molecule has 1 amide bonds. The first-order chi connectivity index (χ1) is 11.5. The van der Waals surface area contributed by atoms with Crippen molar-refractivity contribution < 1.29 is 9.53 Å². The number of nitrogens with one attached hydrogen (secondary N) is 1. The van der Waals surface area contributed by atoms with Crippen LogP contribution in [0.2, 0.25) is 0 Å². The molecule has 2 aromatic rings. The third-order valence-electron chi connectivity index (χ3n) is 3.84. The van der Waals surface area contributed by atoms with Crippen LogP contribution >= 0.6 is 0 Å². The van der Waals surface area contributed by atoms with Gasteiger partial charge in [0.2, 0.25) is 5.91 Å². The van der Waals surface area contributed by atoms with E-state index < -0.39 is 0 Å². The fourth-order valence-corrected chi connectivity index (χ4v) is 2.61. The third-order valence-corrected chi connectivity index (χ3v) is 3.84. The molecule has 2 aromatic carbocycles. The molecule has 2 unspecified atom stereocenters. The maximum atomic E-state index is 12.6. The van der Waals surface area contributed by atoms with E-state index in [4.69, 9.17) is 10.5 Å². The van der Waals surface area contributed by atoms with Crippen molar-refractivity contribution in [2.24, 2.45) is 5.73 Å². The van der Waals surface area contributed by atoms with E-state index in [-0.39, 0.29) is 30.5 Å². The Labute approximate surface area is 144 Å². The summed E-state index contributed by atoms with van der Waals surface area (Å²) in [5.41, 5.74) is 7.76. The second kappa shape index (κ2) is 8.50. The molecule has 24 heavy (non-hydrogen) atoms. The molecule has 0 aliphatic carbocycles. The zero-order valence-corrected chi connectivity index (χ0v) is 14.5. The standard InChI is InChI=1S/C20H26N2O2/c1-14(2)24-18-11-7-10-17(12-18)15(3)22-20(23)19(13-21)16-8-5-4-6-9-16/h4-12,14-15,19H,13,21H2,1-3H3,(H,22,23). The van der Waals surface area contributed by atoms with E-state index in [1.165, 1.54) is 0 Å². The molecule has 0 saturated heterocycles. The summed E-state index contributed by atoms with van der Waals surface area (Å²) in [5.74, 6) is 0.400. The van der Waals surface area contributed by atoms with Crippen LogP contribution in [-0.4, -0.2) is 18.6 Å². The van der Waals surface area contributed by atoms with Crippen LogP contribution < -0.4 is 15.8 Å². The average molecular weight is 326 g/mol. The lowest BCUT2D eigenvalue weighted by molar-refractivity contribution is -0.123. The van der Waals surface area contributed by atoms with Crippen molar-refractivity contribution >= 4 is 5.91 Å². The molecule has 4 heteroatoms. The minimum absolute atomic E-state index is 0.0635. The van der Waals surface area contributed by atoms with Crippen LogP contribution in [0.25, 0.3) is 0 Å². The predicted molar refractivity (Wildman–Crippen MR) is 97.0 cm³/mol. The number of carbonyl (C=O) groups excluding carboxylic acids is 1. The first-order valence-electron chi connectivity index (χ1n) is 8.33. The van der Waals surface area contributed by atoms with Gasteiger partial charge in [-0.1, -0.05) is 42.5 Å². The fraction of sp³-hybridized carbons (Fsp3) is 0.350. The van der Waals surface area contributed by atoms with Crippen molar-refractivity contribution in [3.05, 3.63) is 65.7 Å². The van der Waals surface area contributed by atoms with Gasteiger partial charge in [0.15, 0.2) is 0 Å². The highest BCUT2D eigenvalue weighted by atomic mass is 16.5. The molecule has 0 fully saturated rings. The minimum Gasteiger partial charge on any atom is -0.491 e. The summed E-state index contributed by atoms with van der Waals surface area (Å²) in [6, 6.07) is 17.3. The first kappa shape index (κ1) is 18.0. The van der Waals surface area contributed by atoms with Crippen molar-refractivity contribution in [3.8, 4) is 5.75 Å². The Morgan fingerprint density at radius 1 is 1.04 bits per heavy atom. The van der Waals surface area contributed by atoms with E-state index >= 15 is 0 Å². The number of carbonyl (C=O) groups is 1. The van der Waals surface area contributed by atoms with E-state index in [0.29, 0.717) is 0 Å². The van der Waals surface area contributed by atoms with Gasteiger partial charge in [-0.05, 0) is 44.0 Å². The van der Waals surface area contributed by atoms with E-state index in [2.05, 4.69) is 5.32 Å². The Balaban J connectivity index is 2.08. The van der Waals surface area contributed by atoms with Crippen molar-refractivity contribution in [2.75, 3.05) is 6.54 Å². The van der Waals surface area contributed by atoms with Gasteiger partial charge in [-0.2, -0.15) is 0 Å². The average Bonchev–Trinajstić information content (AvgIpc) is 2.56. The summed E-state index contributed by atoms with van der Waals surface area (Å²) in [6.45, 7) is 6.22. The lowest BCUT2D eigenvalue weighted by Crippen LogP contribution is -2.35. The maximum absolute atomic E-state index is 12.6. The van der Waals surface area contributed by atoms with Gasteiger partial charge in [0.05, 0.1) is 18.1 Å². The summed E-state index contributed by atoms with van der Waals surface area (Å²) in [5, 5.41) is 3.05. The van der Waals surface area contributed by atoms with Gasteiger partial charge < -0.3 is 15.8 Å². The van der Waals surface area contributed by atoms with Crippen LogP contribution in [0.4, 0.5) is 0 Å². The predicted octanol–water partition coefficient (Wildman–Crippen LogP) is 3.39. The number of benzene rings is 2. The number of hydrogen-bond donors (Lipinski definition) is 2. The number of hydrogen-bond acceptors (Lipinski definition) is 3. The Morgan fingerprint density at radius 2 is 1.71 bits per heavy atom. The van der Waals surface area contributed by atoms with E-state index in [1.807, 2.05) is 75.4 Å². The molecule has 0 bridgehead atoms. The van der Waals surface area contributed by atoms with Gasteiger partial charge in [0, 0.05) is 6.54 Å². The van der Waals surface area contributed by atoms with E-state index in [0.717, 1.165) is 16.9 Å². The maximum Gasteiger partial charge on any atom is 0.229 e. The van der Waals surface area contributed by atoms with Gasteiger partial charge >= 0.3 is 0 Å². The Bertz CT molecular complexity index is 656. The molecule has 0 saturated carbocycles. The summed E-state index contributed by atoms with van der Waals surface area (Å²) in [7, 11) is 0. The molecular formula is C20H26N2O2. The van der Waals surface area contributed by atoms with Gasteiger partial charge in [-0.3, -0.25) is 4.79 Å². The fourth-order valence-electron chi connectivity index (χ4n) is 2.61. The lowest BCUT2D eigenvalue weighted by Gasteiger charge is -2.20. The second-order valence-electron chi connectivity index (χ2n) is 6.17. The van der Waals surface area contributed by atoms with Gasteiger partial charge in [0.1, 0.15) is 5.75 Å². The van der Waals surface area contributed by atoms with Crippen LogP contribution in [-0.2, 0) is 4.79 Å². The van der Waals surface area contributed by atoms with Gasteiger partial charge in [-0.25, -0.2) is 0 Å². The molecule has 2 atom stereocenters. The molecule has 4 nitrogen and oxygen atoms in total. The minimum atomic E-state index is -0.344. The first-order valence-corrected chi connectivity index (χ1v) is 8.33. The van der Waals surface area contributed by atoms with Gasteiger partial charge in [0.25, 0.3) is 0 Å². The molecule has 0 aromatic heterocycles. The third kappa shape index (κ3) is 4.83. The zero-order chi connectivity index (χ0) is 17.5. The van der Waals surface area contributed by atoms with E-state index in [1.54, 1.807) is 0 Å². The molecule has 0 aliphatic rings. The summed E-state index contributed by atoms with van der Waals surface area (Å²) >= 11 is 0. The summed E-state index contributed by atoms with van der Waals surface area (Å²) in [6.07, 6.45) is 0.116. The molecule has 3 N–H and O–H groups in total. The normalized spacial score (nSPS) is 13.4. The monoisotopic (exact) mass is 326 g/mol. The molecule has 0 heterocycles. The van der Waals surface area contributed by atoms with Crippen molar-refractivity contribution in [2.45, 2.75) is 38.8 Å². The lowest BCUT2D eigenvalue weighted by atomic mass is 9.97. The molecule has 0 radical (unpaired) electrons. The van der Waals surface area contributed by atoms with Crippen molar-refractivity contribution in [3.63, 3.8) is 0 Å². The summed E-state index contributed by atoms with van der Waals surface area (Å²) in [4.78, 5) is 12.6. The number of ether oxygens (including phenoxy) is 1. The molecule has 0 spiro atoms. The van der Waals surface area contributed by atoms with Crippen LogP contribution in [0, 0.1) is 0 Å². The number of amides is 1. The largest absolute Gasteiger partial charge is 0.491 e. The van der Waals surface area contributed by atoms with Crippen LogP contribution in [0.15, 0.2) is 54.6 Å². The van der Waals surface area contributed by atoms with Gasteiger partial charge in [-0.15, -0.1) is 0 Å². The number of rotatable bonds is 7. The molecular weight excluding hydrogens is 300 g/mol. The molecule has 2 rings (SSSR count). The number of nitrogens with two attached hydrogens (primary N) is 1. The van der Waals surface area contributed by atoms with Crippen molar-refractivity contribution in [1.29, 1.82) is 0 Å². The molecule has 0 aliphatic heterocycles. The Kier molecular flexibility index (Phi) is 6.38. The highest BCUT2D eigenvalue weighted by Gasteiger charge is 2.21. The highest BCUT2D eigenvalue weighted by molar-refractivity contribution is 5.84. The Morgan fingerprint density at radius 3 is 2.33 bits per heavy atom. The second-order valence-corrected chi connectivity index (χ2v) is 6.17. The highest BCUT2D eigenvalue weighted by Crippen LogP contribution is 2.22. The summed E-state index contributed by atoms with van der Waals surface area (Å²) < 4.78 is 5.72. The Hall–Kier alpha value is -2.33. The van der Waals surface area contributed by atoms with Crippen LogP contribution in [0.3, 0.4) is 0 Å². The van der Waals surface area contributed by atoms with Crippen LogP contribution in [0.5, 0.6) is 5.75 Å². The van der Waals surface area contributed by atoms with Crippen LogP contribution in [0.1, 0.15) is 43.9 Å². The molecule has 128 valence electrons. The topological polar surface area (TPSA) is 64.3 Å². The smallest absolute Gasteiger partial charge is 0.229 e. The quantitative estimate of drug-likeness (QED) is 0.819. The SMILES string of the molecule is CC(C)Oc1cccc(C(C)NC(=O)C(CN)c2ccccc2)c1.